The van der Waals surface area contributed by atoms with Gasteiger partial charge in [-0.15, -0.1) is 0 Å². The van der Waals surface area contributed by atoms with Crippen LogP contribution in [-0.2, 0) is 9.53 Å². The first kappa shape index (κ1) is 15.4. The molecule has 0 aromatic carbocycles. The number of unbranched alkanes of at least 4 members (excludes halogenated alkanes) is 3. The van der Waals surface area contributed by atoms with Crippen molar-refractivity contribution in [1.29, 1.82) is 0 Å². The lowest BCUT2D eigenvalue weighted by Gasteiger charge is -2.42. The van der Waals surface area contributed by atoms with Crippen LogP contribution in [0.3, 0.4) is 0 Å². The first-order valence-electron chi connectivity index (χ1n) is 7.14. The number of ether oxygens (including phenoxy) is 1. The molecule has 0 radical (unpaired) electrons. The molecule has 1 heterocycles. The van der Waals surface area contributed by atoms with Gasteiger partial charge in [0.2, 0.25) is 5.91 Å². The second kappa shape index (κ2) is 7.10. The monoisotopic (exact) mass is 256 g/mol. The van der Waals surface area contributed by atoms with Crippen molar-refractivity contribution in [3.63, 3.8) is 0 Å². The summed E-state index contributed by atoms with van der Waals surface area (Å²) in [7, 11) is 0. The topological polar surface area (TPSA) is 55.6 Å². The molecule has 1 amide bonds. The van der Waals surface area contributed by atoms with Crippen molar-refractivity contribution >= 4 is 5.91 Å². The van der Waals surface area contributed by atoms with Crippen LogP contribution >= 0.6 is 0 Å². The first-order valence-corrected chi connectivity index (χ1v) is 7.14. The maximum Gasteiger partial charge on any atom is 0.222 e. The molecular formula is C14H28N2O2. The van der Waals surface area contributed by atoms with E-state index in [0.29, 0.717) is 26.1 Å². The lowest BCUT2D eigenvalue weighted by molar-refractivity contribution is -0.159. The van der Waals surface area contributed by atoms with Crippen LogP contribution in [0.2, 0.25) is 0 Å². The van der Waals surface area contributed by atoms with Crippen LogP contribution in [0.15, 0.2) is 0 Å². The Hall–Kier alpha value is -0.610. The fourth-order valence-corrected chi connectivity index (χ4v) is 2.47. The van der Waals surface area contributed by atoms with E-state index in [1.54, 1.807) is 0 Å². The van der Waals surface area contributed by atoms with Gasteiger partial charge in [0.05, 0.1) is 11.7 Å². The van der Waals surface area contributed by atoms with Gasteiger partial charge >= 0.3 is 0 Å². The molecule has 1 aliphatic rings. The summed E-state index contributed by atoms with van der Waals surface area (Å²) < 4.78 is 5.83. The van der Waals surface area contributed by atoms with Crippen LogP contribution in [-0.4, -0.2) is 42.1 Å². The smallest absolute Gasteiger partial charge is 0.222 e. The second-order valence-electron chi connectivity index (χ2n) is 5.82. The zero-order valence-corrected chi connectivity index (χ0v) is 12.1. The first-order chi connectivity index (χ1) is 8.48. The number of carbonyl (C=O) groups excluding carboxylic acids is 1. The third kappa shape index (κ3) is 4.94. The molecular weight excluding hydrogens is 228 g/mol. The Labute approximate surface area is 111 Å². The highest BCUT2D eigenvalue weighted by Crippen LogP contribution is 2.21. The van der Waals surface area contributed by atoms with Gasteiger partial charge in [0.15, 0.2) is 0 Å². The van der Waals surface area contributed by atoms with Gasteiger partial charge in [0.25, 0.3) is 0 Å². The summed E-state index contributed by atoms with van der Waals surface area (Å²) in [5.41, 5.74) is 5.39. The Kier molecular flexibility index (Phi) is 6.09. The standard InChI is InChI=1S/C14H28N2O2/c1-4-5-6-7-8-13(17)16-10-12(9-15)18-14(2,3)11-16/h12H,4-11,15H2,1-3H3. The summed E-state index contributed by atoms with van der Waals surface area (Å²) in [5.74, 6) is 0.251. The van der Waals surface area contributed by atoms with Gasteiger partial charge in [-0.2, -0.15) is 0 Å². The van der Waals surface area contributed by atoms with Gasteiger partial charge in [0.1, 0.15) is 0 Å². The summed E-state index contributed by atoms with van der Waals surface area (Å²) in [4.78, 5) is 14.1. The third-order valence-electron chi connectivity index (χ3n) is 3.34. The molecule has 1 fully saturated rings. The van der Waals surface area contributed by atoms with Gasteiger partial charge in [-0.3, -0.25) is 4.79 Å². The number of carbonyl (C=O) groups is 1. The van der Waals surface area contributed by atoms with E-state index in [-0.39, 0.29) is 17.6 Å². The molecule has 1 rings (SSSR count). The van der Waals surface area contributed by atoms with E-state index in [4.69, 9.17) is 10.5 Å². The average Bonchev–Trinajstić information content (AvgIpc) is 2.32. The van der Waals surface area contributed by atoms with Crippen LogP contribution in [0.25, 0.3) is 0 Å². The second-order valence-corrected chi connectivity index (χ2v) is 5.82. The number of morpholine rings is 1. The van der Waals surface area contributed by atoms with E-state index >= 15 is 0 Å². The highest BCUT2D eigenvalue weighted by molar-refractivity contribution is 5.76. The fraction of sp³-hybridized carbons (Fsp3) is 0.929. The quantitative estimate of drug-likeness (QED) is 0.739. The molecule has 4 nitrogen and oxygen atoms in total. The summed E-state index contributed by atoms with van der Waals surface area (Å²) in [6.07, 6.45) is 5.20. The molecule has 0 bridgehead atoms. The molecule has 0 aromatic rings. The summed E-state index contributed by atoms with van der Waals surface area (Å²) in [6.45, 7) is 8.02. The number of nitrogens with two attached hydrogens (primary N) is 1. The van der Waals surface area contributed by atoms with Crippen molar-refractivity contribution in [2.45, 2.75) is 64.6 Å². The van der Waals surface area contributed by atoms with Crippen molar-refractivity contribution in [2.24, 2.45) is 5.73 Å². The van der Waals surface area contributed by atoms with E-state index < -0.39 is 0 Å². The van der Waals surface area contributed by atoms with Crippen molar-refractivity contribution in [3.8, 4) is 0 Å². The molecule has 18 heavy (non-hydrogen) atoms. The lowest BCUT2D eigenvalue weighted by atomic mass is 10.0. The summed E-state index contributed by atoms with van der Waals surface area (Å²) >= 11 is 0. The number of nitrogens with zero attached hydrogens (tertiary/aromatic N) is 1. The number of amides is 1. The summed E-state index contributed by atoms with van der Waals surface area (Å²) in [5, 5.41) is 0. The van der Waals surface area contributed by atoms with Gasteiger partial charge < -0.3 is 15.4 Å². The molecule has 106 valence electrons. The van der Waals surface area contributed by atoms with Crippen molar-refractivity contribution < 1.29 is 9.53 Å². The molecule has 0 aromatic heterocycles. The van der Waals surface area contributed by atoms with Crippen LogP contribution in [0.5, 0.6) is 0 Å². The minimum absolute atomic E-state index is 0.0201. The lowest BCUT2D eigenvalue weighted by Crippen LogP contribution is -2.56. The summed E-state index contributed by atoms with van der Waals surface area (Å²) in [6, 6.07) is 0. The van der Waals surface area contributed by atoms with E-state index in [9.17, 15) is 4.79 Å². The molecule has 0 aliphatic carbocycles. The predicted octanol–water partition coefficient (Wildman–Crippen LogP) is 1.92. The van der Waals surface area contributed by atoms with Crippen LogP contribution < -0.4 is 5.73 Å². The van der Waals surface area contributed by atoms with Crippen molar-refractivity contribution in [3.05, 3.63) is 0 Å². The molecule has 4 heteroatoms. The highest BCUT2D eigenvalue weighted by Gasteiger charge is 2.34. The van der Waals surface area contributed by atoms with Gasteiger partial charge in [-0.1, -0.05) is 26.2 Å². The van der Waals surface area contributed by atoms with Crippen LogP contribution in [0.4, 0.5) is 0 Å². The van der Waals surface area contributed by atoms with E-state index in [1.807, 2.05) is 18.7 Å². The Morgan fingerprint density at radius 2 is 2.11 bits per heavy atom. The van der Waals surface area contributed by atoms with Crippen LogP contribution in [0, 0.1) is 0 Å². The Bertz CT molecular complexity index is 267. The minimum atomic E-state index is -0.276. The maximum atomic E-state index is 12.1. The number of rotatable bonds is 6. The fourth-order valence-electron chi connectivity index (χ4n) is 2.47. The van der Waals surface area contributed by atoms with E-state index in [2.05, 4.69) is 6.92 Å². The molecule has 1 atom stereocenters. The molecule has 1 saturated heterocycles. The SMILES string of the molecule is CCCCCCC(=O)N1CC(CN)OC(C)(C)C1. The molecule has 2 N–H and O–H groups in total. The number of hydrogen-bond donors (Lipinski definition) is 1. The van der Waals surface area contributed by atoms with Crippen molar-refractivity contribution in [2.75, 3.05) is 19.6 Å². The molecule has 0 spiro atoms. The van der Waals surface area contributed by atoms with Crippen molar-refractivity contribution in [1.82, 2.24) is 4.90 Å². The average molecular weight is 256 g/mol. The van der Waals surface area contributed by atoms with Gasteiger partial charge in [0, 0.05) is 26.1 Å². The molecule has 0 saturated carbocycles. The number of hydrogen-bond acceptors (Lipinski definition) is 3. The van der Waals surface area contributed by atoms with E-state index in [0.717, 1.165) is 12.8 Å². The Morgan fingerprint density at radius 1 is 1.39 bits per heavy atom. The van der Waals surface area contributed by atoms with Crippen LogP contribution in [0.1, 0.15) is 52.9 Å². The Morgan fingerprint density at radius 3 is 2.72 bits per heavy atom. The minimum Gasteiger partial charge on any atom is -0.367 e. The predicted molar refractivity (Wildman–Crippen MR) is 73.3 cm³/mol. The zero-order valence-electron chi connectivity index (χ0n) is 12.1. The highest BCUT2D eigenvalue weighted by atomic mass is 16.5. The maximum absolute atomic E-state index is 12.1. The molecule has 1 aliphatic heterocycles. The largest absolute Gasteiger partial charge is 0.367 e. The van der Waals surface area contributed by atoms with Gasteiger partial charge in [-0.05, 0) is 20.3 Å². The van der Waals surface area contributed by atoms with E-state index in [1.165, 1.54) is 12.8 Å². The third-order valence-corrected chi connectivity index (χ3v) is 3.34. The zero-order chi connectivity index (χ0) is 13.6. The van der Waals surface area contributed by atoms with Gasteiger partial charge in [-0.25, -0.2) is 0 Å². The Balaban J connectivity index is 2.41. The molecule has 1 unspecified atom stereocenters. The normalized spacial score (nSPS) is 23.1.